The lowest BCUT2D eigenvalue weighted by Crippen LogP contribution is -2.36. The molecule has 0 spiro atoms. The Morgan fingerprint density at radius 1 is 1.13 bits per heavy atom. The van der Waals surface area contributed by atoms with E-state index >= 15 is 0 Å². The molecule has 0 unspecified atom stereocenters. The lowest BCUT2D eigenvalue weighted by molar-refractivity contribution is -0.383. The molecule has 1 heterocycles. The highest BCUT2D eigenvalue weighted by Gasteiger charge is 2.42. The number of non-ortho nitro benzene ring substituents is 1. The van der Waals surface area contributed by atoms with E-state index in [1.54, 1.807) is 37.3 Å². The smallest absolute Gasteiger partial charge is 0.319 e. The van der Waals surface area contributed by atoms with Gasteiger partial charge in [0.25, 0.3) is 5.69 Å². The second kappa shape index (κ2) is 7.80. The highest BCUT2D eigenvalue weighted by molar-refractivity contribution is 7.80. The molecule has 3 rings (SSSR count). The fourth-order valence-electron chi connectivity index (χ4n) is 3.02. The van der Waals surface area contributed by atoms with E-state index < -0.39 is 50.5 Å². The Labute approximate surface area is 175 Å². The van der Waals surface area contributed by atoms with E-state index in [1.807, 2.05) is 0 Å². The van der Waals surface area contributed by atoms with Crippen molar-refractivity contribution < 1.29 is 31.3 Å². The first kappa shape index (κ1) is 22.5. The summed E-state index contributed by atoms with van der Waals surface area (Å²) in [6.07, 6.45) is -10.2. The Hall–Kier alpha value is -3.22. The Morgan fingerprint density at radius 3 is 2.23 bits per heavy atom. The lowest BCUT2D eigenvalue weighted by Gasteiger charge is -2.25. The molecule has 3 aromatic rings. The lowest BCUT2D eigenvalue weighted by atomic mass is 10.1. The third-order valence-corrected chi connectivity index (χ3v) is 4.72. The molecule has 31 heavy (non-hydrogen) atoms. The van der Waals surface area contributed by atoms with Crippen LogP contribution in [-0.4, -0.2) is 26.1 Å². The third-order valence-electron chi connectivity index (χ3n) is 4.32. The molecule has 0 aliphatic carbocycles. The van der Waals surface area contributed by atoms with E-state index in [0.717, 1.165) is 0 Å². The molecule has 2 aromatic carbocycles. The molecule has 1 aromatic heterocycles. The minimum absolute atomic E-state index is 0.0776. The second-order valence-corrected chi connectivity index (χ2v) is 6.61. The zero-order valence-electron chi connectivity index (χ0n) is 15.5. The van der Waals surface area contributed by atoms with Crippen LogP contribution in [0.4, 0.5) is 37.7 Å². The maximum atomic E-state index is 13.7. The van der Waals surface area contributed by atoms with Crippen molar-refractivity contribution in [3.63, 3.8) is 0 Å². The Morgan fingerprint density at radius 2 is 1.74 bits per heavy atom. The van der Waals surface area contributed by atoms with Gasteiger partial charge in [0.15, 0.2) is 10.6 Å². The average Bonchev–Trinajstić information content (AvgIpc) is 3.07. The Balaban J connectivity index is 2.38. The fraction of sp³-hybridized carbons (Fsp3) is 0.222. The molecule has 0 atom stereocenters. The topological polar surface area (TPSA) is 64.2 Å². The van der Waals surface area contributed by atoms with Crippen LogP contribution in [0.25, 0.3) is 11.0 Å². The maximum Gasteiger partial charge on any atom is 0.450 e. The van der Waals surface area contributed by atoms with Crippen LogP contribution < -0.4 is 4.90 Å². The van der Waals surface area contributed by atoms with Crippen LogP contribution in [0.3, 0.4) is 0 Å². The summed E-state index contributed by atoms with van der Waals surface area (Å²) in [6.45, 7) is 1.66. The number of halogens is 6. The molecule has 0 saturated carbocycles. The average molecular weight is 462 g/mol. The van der Waals surface area contributed by atoms with Gasteiger partial charge in [-0.25, -0.2) is 4.98 Å². The first-order valence-electron chi connectivity index (χ1n) is 8.58. The molecule has 0 radical (unpaired) electrons. The van der Waals surface area contributed by atoms with Crippen molar-refractivity contribution in [3.05, 3.63) is 64.0 Å². The zero-order valence-corrected chi connectivity index (χ0v) is 16.3. The highest BCUT2D eigenvalue weighted by atomic mass is 32.1. The first-order chi connectivity index (χ1) is 14.4. The number of hydrogen-bond donors (Lipinski definition) is 0. The Kier molecular flexibility index (Phi) is 5.65. The number of nitrogens with zero attached hydrogens (tertiary/aromatic N) is 4. The minimum Gasteiger partial charge on any atom is -0.319 e. The summed E-state index contributed by atoms with van der Waals surface area (Å²) >= 11 is 5.22. The van der Waals surface area contributed by atoms with Gasteiger partial charge in [-0.15, -0.1) is 0 Å². The summed E-state index contributed by atoms with van der Waals surface area (Å²) in [4.78, 5) is 14.8. The number of fused-ring (bicyclic) bond motifs is 1. The molecule has 164 valence electrons. The number of alkyl halides is 6. The summed E-state index contributed by atoms with van der Waals surface area (Å²) < 4.78 is 80.9. The first-order valence-corrected chi connectivity index (χ1v) is 8.99. The van der Waals surface area contributed by atoms with E-state index in [-0.39, 0.29) is 12.6 Å². The number of imidazole rings is 1. The van der Waals surface area contributed by atoms with Crippen LogP contribution in [0, 0.1) is 10.1 Å². The van der Waals surface area contributed by atoms with Gasteiger partial charge >= 0.3 is 12.4 Å². The molecule has 13 heteroatoms. The summed E-state index contributed by atoms with van der Waals surface area (Å²) in [6, 6.07) is 8.48. The molecule has 0 N–H and O–H groups in total. The van der Waals surface area contributed by atoms with Crippen LogP contribution >= 0.6 is 12.2 Å². The van der Waals surface area contributed by atoms with Gasteiger partial charge in [0.1, 0.15) is 0 Å². The van der Waals surface area contributed by atoms with E-state index in [1.165, 1.54) is 4.90 Å². The van der Waals surface area contributed by atoms with Crippen molar-refractivity contribution in [2.24, 2.45) is 0 Å². The van der Waals surface area contributed by atoms with E-state index in [4.69, 9.17) is 12.2 Å². The van der Waals surface area contributed by atoms with Gasteiger partial charge in [0, 0.05) is 18.3 Å². The number of nitro benzene ring substituents is 1. The summed E-state index contributed by atoms with van der Waals surface area (Å²) in [5.74, 6) is -1.66. The molecule has 0 aliphatic rings. The summed E-state index contributed by atoms with van der Waals surface area (Å²) in [7, 11) is 0. The number of para-hydroxylation sites is 1. The van der Waals surface area contributed by atoms with Gasteiger partial charge in [-0.05, 0) is 37.3 Å². The molecular formula is C18H12F6N4O2S. The van der Waals surface area contributed by atoms with Crippen LogP contribution in [0.2, 0.25) is 0 Å². The monoisotopic (exact) mass is 462 g/mol. The predicted molar refractivity (Wildman–Crippen MR) is 104 cm³/mol. The Bertz CT molecular complexity index is 1160. The van der Waals surface area contributed by atoms with Crippen molar-refractivity contribution >= 4 is 39.7 Å². The van der Waals surface area contributed by atoms with Gasteiger partial charge in [-0.3, -0.25) is 14.7 Å². The van der Waals surface area contributed by atoms with Crippen LogP contribution in [0.1, 0.15) is 18.3 Å². The second-order valence-electron chi connectivity index (χ2n) is 6.25. The van der Waals surface area contributed by atoms with Crippen molar-refractivity contribution in [3.8, 4) is 0 Å². The van der Waals surface area contributed by atoms with Crippen molar-refractivity contribution in [2.75, 3.05) is 11.4 Å². The number of anilines is 1. The van der Waals surface area contributed by atoms with Crippen LogP contribution in [0.5, 0.6) is 0 Å². The van der Waals surface area contributed by atoms with Gasteiger partial charge in [-0.2, -0.15) is 26.3 Å². The van der Waals surface area contributed by atoms with Crippen LogP contribution in [0.15, 0.2) is 42.5 Å². The van der Waals surface area contributed by atoms with Crippen molar-refractivity contribution in [1.29, 1.82) is 0 Å². The molecule has 0 fully saturated rings. The number of nitro groups is 1. The number of aromatic nitrogens is 2. The van der Waals surface area contributed by atoms with E-state index in [9.17, 15) is 36.5 Å². The summed E-state index contributed by atoms with van der Waals surface area (Å²) in [5, 5.41) is 11.0. The number of hydrogen-bond acceptors (Lipinski definition) is 4. The molecular weight excluding hydrogens is 450 g/mol. The van der Waals surface area contributed by atoms with E-state index in [2.05, 4.69) is 4.98 Å². The quantitative estimate of drug-likeness (QED) is 0.218. The van der Waals surface area contributed by atoms with Gasteiger partial charge in [0.2, 0.25) is 5.82 Å². The third kappa shape index (κ3) is 4.17. The van der Waals surface area contributed by atoms with Crippen LogP contribution in [-0.2, 0) is 12.4 Å². The number of rotatable bonds is 3. The standard InChI is InChI=1S/C18H12F6N4O2S/c1-2-26(11-6-4-3-5-7-11)16(31)27-14-12(25-15(27)18(22,23)24)8-10(17(19,20)21)9-13(14)28(29)30/h3-9H,2H2,1H3. The van der Waals surface area contributed by atoms with E-state index in [0.29, 0.717) is 16.3 Å². The number of benzene rings is 2. The van der Waals surface area contributed by atoms with Gasteiger partial charge < -0.3 is 4.90 Å². The zero-order chi connectivity index (χ0) is 23.1. The predicted octanol–water partition coefficient (Wildman–Crippen LogP) is 5.64. The maximum absolute atomic E-state index is 13.7. The van der Waals surface area contributed by atoms with Gasteiger partial charge in [0.05, 0.1) is 16.0 Å². The number of thiocarbonyl (C=S) groups is 1. The molecule has 0 amide bonds. The minimum atomic E-state index is -5.15. The van der Waals surface area contributed by atoms with Gasteiger partial charge in [-0.1, -0.05) is 18.2 Å². The largest absolute Gasteiger partial charge is 0.450 e. The van der Waals surface area contributed by atoms with Crippen molar-refractivity contribution in [1.82, 2.24) is 9.55 Å². The molecule has 0 bridgehead atoms. The normalized spacial score (nSPS) is 12.2. The van der Waals surface area contributed by atoms with Crippen molar-refractivity contribution in [2.45, 2.75) is 19.3 Å². The molecule has 0 saturated heterocycles. The molecule has 0 aliphatic heterocycles. The fourth-order valence-corrected chi connectivity index (χ4v) is 3.44. The highest BCUT2D eigenvalue weighted by Crippen LogP contribution is 2.40. The molecule has 6 nitrogen and oxygen atoms in total. The summed E-state index contributed by atoms with van der Waals surface area (Å²) in [5.41, 5.74) is -3.92. The SMILES string of the molecule is CCN(C(=S)n1c(C(F)(F)F)nc2cc(C(F)(F)F)cc([N+](=O)[O-])c21)c1ccccc1.